The van der Waals surface area contributed by atoms with E-state index in [2.05, 4.69) is 35.3 Å². The first-order chi connectivity index (χ1) is 8.31. The monoisotopic (exact) mass is 266 g/mol. The Morgan fingerprint density at radius 2 is 2.11 bits per heavy atom. The summed E-state index contributed by atoms with van der Waals surface area (Å²) in [6.45, 7) is 6.89. The lowest BCUT2D eigenvalue weighted by Crippen LogP contribution is -2.48. The lowest BCUT2D eigenvalue weighted by Gasteiger charge is -2.31. The first kappa shape index (κ1) is 13.9. The van der Waals surface area contributed by atoms with Gasteiger partial charge < -0.3 is 5.32 Å². The molecule has 1 aliphatic heterocycles. The second-order valence-electron chi connectivity index (χ2n) is 5.55. The molecule has 1 saturated heterocycles. The normalized spacial score (nSPS) is 23.5. The first-order valence-corrected chi connectivity index (χ1v) is 6.88. The Balaban J connectivity index is 0.00000120. The number of nitrogens with zero attached hydrogens (tertiary/aromatic N) is 1. The van der Waals surface area contributed by atoms with Crippen molar-refractivity contribution in [2.75, 3.05) is 19.6 Å². The van der Waals surface area contributed by atoms with E-state index >= 15 is 0 Å². The second kappa shape index (κ2) is 6.05. The Labute approximate surface area is 116 Å². The zero-order valence-corrected chi connectivity index (χ0v) is 11.9. The van der Waals surface area contributed by atoms with Crippen LogP contribution in [0.15, 0.2) is 18.2 Å². The van der Waals surface area contributed by atoms with E-state index < -0.39 is 0 Å². The van der Waals surface area contributed by atoms with Crippen LogP contribution < -0.4 is 5.32 Å². The van der Waals surface area contributed by atoms with E-state index in [0.29, 0.717) is 6.04 Å². The fourth-order valence-electron chi connectivity index (χ4n) is 3.14. The zero-order valence-electron chi connectivity index (χ0n) is 11.1. The van der Waals surface area contributed by atoms with Gasteiger partial charge in [-0.2, -0.15) is 0 Å². The van der Waals surface area contributed by atoms with Gasteiger partial charge >= 0.3 is 0 Å². The van der Waals surface area contributed by atoms with Gasteiger partial charge in [-0.1, -0.05) is 18.2 Å². The molecule has 1 heterocycles. The molecule has 18 heavy (non-hydrogen) atoms. The highest BCUT2D eigenvalue weighted by atomic mass is 35.5. The molecule has 100 valence electrons. The summed E-state index contributed by atoms with van der Waals surface area (Å²) in [6, 6.07) is 7.76. The highest BCUT2D eigenvalue weighted by molar-refractivity contribution is 5.85. The number of hydrogen-bond acceptors (Lipinski definition) is 2. The van der Waals surface area contributed by atoms with Crippen LogP contribution in [-0.4, -0.2) is 30.6 Å². The average Bonchev–Trinajstić information content (AvgIpc) is 2.76. The van der Waals surface area contributed by atoms with Crippen LogP contribution in [0, 0.1) is 0 Å². The van der Waals surface area contributed by atoms with E-state index in [4.69, 9.17) is 0 Å². The third-order valence-electron chi connectivity index (χ3n) is 4.02. The molecule has 1 aliphatic carbocycles. The van der Waals surface area contributed by atoms with Gasteiger partial charge in [0.2, 0.25) is 0 Å². The van der Waals surface area contributed by atoms with Crippen LogP contribution in [0.4, 0.5) is 0 Å². The molecule has 0 bridgehead atoms. The minimum absolute atomic E-state index is 0. The molecular weight excluding hydrogens is 244 g/mol. The zero-order chi connectivity index (χ0) is 11.7. The molecule has 3 rings (SSSR count). The van der Waals surface area contributed by atoms with Crippen LogP contribution in [0.1, 0.15) is 30.0 Å². The van der Waals surface area contributed by atoms with Crippen LogP contribution in [0.2, 0.25) is 0 Å². The molecule has 2 aliphatic rings. The Bertz CT molecular complexity index is 405. The number of fused-ring (bicyclic) bond motifs is 1. The largest absolute Gasteiger partial charge is 0.312 e. The standard InChI is InChI=1S/C15H22N2.ClH/c1-12-10-17(8-7-16-12)11-13-5-6-14-3-2-4-15(14)9-13;/h5-6,9,12,16H,2-4,7-8,10-11H2,1H3;1H. The fourth-order valence-corrected chi connectivity index (χ4v) is 3.14. The topological polar surface area (TPSA) is 15.3 Å². The molecule has 0 amide bonds. The van der Waals surface area contributed by atoms with Crippen molar-refractivity contribution in [1.29, 1.82) is 0 Å². The van der Waals surface area contributed by atoms with Gasteiger partial charge in [-0.3, -0.25) is 4.90 Å². The van der Waals surface area contributed by atoms with Crippen molar-refractivity contribution >= 4 is 12.4 Å². The minimum Gasteiger partial charge on any atom is -0.312 e. The highest BCUT2D eigenvalue weighted by Crippen LogP contribution is 2.23. The molecule has 2 nitrogen and oxygen atoms in total. The van der Waals surface area contributed by atoms with Gasteiger partial charge in [0, 0.05) is 32.2 Å². The highest BCUT2D eigenvalue weighted by Gasteiger charge is 2.16. The van der Waals surface area contributed by atoms with Crippen molar-refractivity contribution in [1.82, 2.24) is 10.2 Å². The summed E-state index contributed by atoms with van der Waals surface area (Å²) >= 11 is 0. The third kappa shape index (κ3) is 3.05. The van der Waals surface area contributed by atoms with Gasteiger partial charge in [0.1, 0.15) is 0 Å². The maximum Gasteiger partial charge on any atom is 0.0235 e. The van der Waals surface area contributed by atoms with E-state index in [9.17, 15) is 0 Å². The number of halogens is 1. The van der Waals surface area contributed by atoms with E-state index in [-0.39, 0.29) is 12.4 Å². The average molecular weight is 267 g/mol. The van der Waals surface area contributed by atoms with Crippen LogP contribution in [0.25, 0.3) is 0 Å². The van der Waals surface area contributed by atoms with Gasteiger partial charge in [0.25, 0.3) is 0 Å². The molecular formula is C15H23ClN2. The van der Waals surface area contributed by atoms with Crippen molar-refractivity contribution in [3.63, 3.8) is 0 Å². The molecule has 0 spiro atoms. The SMILES string of the molecule is CC1CN(Cc2ccc3c(c2)CCC3)CCN1.Cl. The van der Waals surface area contributed by atoms with Gasteiger partial charge in [0.15, 0.2) is 0 Å². The maximum absolute atomic E-state index is 3.50. The number of hydrogen-bond donors (Lipinski definition) is 1. The smallest absolute Gasteiger partial charge is 0.0235 e. The lowest BCUT2D eigenvalue weighted by atomic mass is 10.1. The quantitative estimate of drug-likeness (QED) is 0.884. The first-order valence-electron chi connectivity index (χ1n) is 6.88. The summed E-state index contributed by atoms with van der Waals surface area (Å²) in [4.78, 5) is 2.57. The van der Waals surface area contributed by atoms with Gasteiger partial charge in [-0.05, 0) is 42.9 Å². The summed E-state index contributed by atoms with van der Waals surface area (Å²) in [5.74, 6) is 0. The number of rotatable bonds is 2. The van der Waals surface area contributed by atoms with Crippen LogP contribution in [-0.2, 0) is 19.4 Å². The van der Waals surface area contributed by atoms with Crippen LogP contribution in [0.5, 0.6) is 0 Å². The Hall–Kier alpha value is -0.570. The fraction of sp³-hybridized carbons (Fsp3) is 0.600. The number of piperazine rings is 1. The lowest BCUT2D eigenvalue weighted by molar-refractivity contribution is 0.199. The van der Waals surface area contributed by atoms with Crippen molar-refractivity contribution < 1.29 is 0 Å². The third-order valence-corrected chi connectivity index (χ3v) is 4.02. The molecule has 1 atom stereocenters. The molecule has 0 aromatic heterocycles. The summed E-state index contributed by atoms with van der Waals surface area (Å²) in [6.07, 6.45) is 3.94. The van der Waals surface area contributed by atoms with E-state index in [0.717, 1.165) is 13.1 Å². The van der Waals surface area contributed by atoms with Crippen LogP contribution >= 0.6 is 12.4 Å². The van der Waals surface area contributed by atoms with Gasteiger partial charge in [-0.25, -0.2) is 0 Å². The molecule has 3 heteroatoms. The molecule has 0 saturated carbocycles. The summed E-state index contributed by atoms with van der Waals surface area (Å²) in [7, 11) is 0. The predicted molar refractivity (Wildman–Crippen MR) is 78.5 cm³/mol. The minimum atomic E-state index is 0. The molecule has 1 fully saturated rings. The van der Waals surface area contributed by atoms with Gasteiger partial charge in [-0.15, -0.1) is 12.4 Å². The molecule has 1 aromatic carbocycles. The van der Waals surface area contributed by atoms with E-state index in [1.54, 1.807) is 11.1 Å². The van der Waals surface area contributed by atoms with Crippen molar-refractivity contribution in [3.8, 4) is 0 Å². The van der Waals surface area contributed by atoms with E-state index in [1.165, 1.54) is 37.9 Å². The number of aryl methyl sites for hydroxylation is 2. The molecule has 1 unspecified atom stereocenters. The Morgan fingerprint density at radius 3 is 2.94 bits per heavy atom. The van der Waals surface area contributed by atoms with Crippen molar-refractivity contribution in [3.05, 3.63) is 34.9 Å². The predicted octanol–water partition coefficient (Wildman–Crippen LogP) is 2.39. The number of benzene rings is 1. The molecule has 1 aromatic rings. The van der Waals surface area contributed by atoms with Crippen molar-refractivity contribution in [2.24, 2.45) is 0 Å². The Kier molecular flexibility index (Phi) is 4.66. The summed E-state index contributed by atoms with van der Waals surface area (Å²) < 4.78 is 0. The second-order valence-corrected chi connectivity index (χ2v) is 5.55. The van der Waals surface area contributed by atoms with Crippen LogP contribution in [0.3, 0.4) is 0 Å². The number of nitrogens with one attached hydrogen (secondary N) is 1. The summed E-state index contributed by atoms with van der Waals surface area (Å²) in [5, 5.41) is 3.50. The Morgan fingerprint density at radius 1 is 1.28 bits per heavy atom. The maximum atomic E-state index is 3.50. The van der Waals surface area contributed by atoms with Gasteiger partial charge in [0.05, 0.1) is 0 Å². The molecule has 1 N–H and O–H groups in total. The summed E-state index contributed by atoms with van der Waals surface area (Å²) in [5.41, 5.74) is 4.69. The van der Waals surface area contributed by atoms with E-state index in [1.807, 2.05) is 0 Å². The van der Waals surface area contributed by atoms with Crippen molar-refractivity contribution in [2.45, 2.75) is 38.8 Å². The molecule has 0 radical (unpaired) electrons.